The van der Waals surface area contributed by atoms with Crippen molar-refractivity contribution in [2.75, 3.05) is 19.8 Å². The highest BCUT2D eigenvalue weighted by atomic mass is 32.3. The van der Waals surface area contributed by atoms with Gasteiger partial charge in [0.05, 0.1) is 12.2 Å². The minimum Gasteiger partial charge on any atom is -0.490 e. The molecule has 3 rings (SSSR count). The number of carbonyl (C=O) groups excluding carboxylic acids is 1. The van der Waals surface area contributed by atoms with E-state index in [2.05, 4.69) is 4.72 Å². The topological polar surface area (TPSA) is 97.3 Å². The molecule has 1 heterocycles. The van der Waals surface area contributed by atoms with Gasteiger partial charge in [-0.1, -0.05) is 6.07 Å². The van der Waals surface area contributed by atoms with Crippen LogP contribution in [0.4, 0.5) is 0 Å². The Kier molecular flexibility index (Phi) is 5.14. The van der Waals surface area contributed by atoms with Crippen LogP contribution in [0.25, 0.3) is 0 Å². The van der Waals surface area contributed by atoms with Crippen molar-refractivity contribution in [3.8, 4) is 17.2 Å². The van der Waals surface area contributed by atoms with Gasteiger partial charge in [-0.2, -0.15) is 0 Å². The molecule has 134 valence electrons. The van der Waals surface area contributed by atoms with Crippen molar-refractivity contribution in [1.82, 2.24) is 4.72 Å². The SMILES string of the molecule is CCOC(=O)c1cccc(Oc2ccc3c(c2)S(O)(O)NCCO3)c1. The maximum Gasteiger partial charge on any atom is 0.338 e. The number of rotatable bonds is 4. The fourth-order valence-electron chi connectivity index (χ4n) is 2.35. The largest absolute Gasteiger partial charge is 0.490 e. The van der Waals surface area contributed by atoms with Crippen molar-refractivity contribution in [3.05, 3.63) is 48.0 Å². The third-order valence-corrected chi connectivity index (χ3v) is 5.00. The molecule has 2 aromatic carbocycles. The van der Waals surface area contributed by atoms with Crippen molar-refractivity contribution in [1.29, 1.82) is 0 Å². The summed E-state index contributed by atoms with van der Waals surface area (Å²) in [5.74, 6) is 0.802. The number of esters is 1. The van der Waals surface area contributed by atoms with Crippen molar-refractivity contribution in [3.63, 3.8) is 0 Å². The molecule has 0 amide bonds. The molecule has 0 bridgehead atoms. The molecule has 0 spiro atoms. The molecule has 3 N–H and O–H groups in total. The van der Waals surface area contributed by atoms with Gasteiger partial charge < -0.3 is 14.2 Å². The summed E-state index contributed by atoms with van der Waals surface area (Å²) in [6, 6.07) is 11.4. The summed E-state index contributed by atoms with van der Waals surface area (Å²) in [5, 5.41) is 0. The smallest absolute Gasteiger partial charge is 0.338 e. The van der Waals surface area contributed by atoms with Crippen molar-refractivity contribution < 1.29 is 28.1 Å². The van der Waals surface area contributed by atoms with Crippen molar-refractivity contribution in [2.24, 2.45) is 0 Å². The summed E-state index contributed by atoms with van der Waals surface area (Å²) >= 11 is 0. The molecule has 0 saturated heterocycles. The van der Waals surface area contributed by atoms with Crippen LogP contribution in [0, 0.1) is 0 Å². The van der Waals surface area contributed by atoms with Gasteiger partial charge >= 0.3 is 5.97 Å². The summed E-state index contributed by atoms with van der Waals surface area (Å²) in [5.41, 5.74) is 0.378. The molecule has 25 heavy (non-hydrogen) atoms. The van der Waals surface area contributed by atoms with Crippen LogP contribution in [0.3, 0.4) is 0 Å². The second-order valence-electron chi connectivity index (χ2n) is 5.25. The Morgan fingerprint density at radius 2 is 2.04 bits per heavy atom. The zero-order chi connectivity index (χ0) is 17.9. The highest BCUT2D eigenvalue weighted by Gasteiger charge is 2.24. The van der Waals surface area contributed by atoms with Crippen LogP contribution >= 0.6 is 10.8 Å². The van der Waals surface area contributed by atoms with E-state index >= 15 is 0 Å². The van der Waals surface area contributed by atoms with Crippen LogP contribution in [-0.2, 0) is 4.74 Å². The second kappa shape index (κ2) is 7.32. The molecule has 1 aliphatic rings. The van der Waals surface area contributed by atoms with E-state index in [0.717, 1.165) is 0 Å². The van der Waals surface area contributed by atoms with Crippen LogP contribution in [0.2, 0.25) is 0 Å². The van der Waals surface area contributed by atoms with Gasteiger partial charge in [-0.15, -0.1) is 10.8 Å². The first-order chi connectivity index (χ1) is 12.0. The molecule has 1 aliphatic heterocycles. The fraction of sp³-hybridized carbons (Fsp3) is 0.235. The van der Waals surface area contributed by atoms with E-state index in [0.29, 0.717) is 42.6 Å². The highest BCUT2D eigenvalue weighted by molar-refractivity contribution is 8.22. The molecule has 8 heteroatoms. The van der Waals surface area contributed by atoms with E-state index < -0.39 is 16.7 Å². The Morgan fingerprint density at radius 1 is 1.24 bits per heavy atom. The average Bonchev–Trinajstić information content (AvgIpc) is 2.74. The van der Waals surface area contributed by atoms with Crippen LogP contribution in [-0.4, -0.2) is 34.8 Å². The van der Waals surface area contributed by atoms with Crippen LogP contribution < -0.4 is 14.2 Å². The lowest BCUT2D eigenvalue weighted by molar-refractivity contribution is 0.0526. The van der Waals surface area contributed by atoms with Crippen LogP contribution in [0.15, 0.2) is 47.4 Å². The maximum atomic E-state index is 11.8. The Balaban J connectivity index is 1.86. The number of hydrogen-bond acceptors (Lipinski definition) is 7. The lowest BCUT2D eigenvalue weighted by atomic mass is 10.2. The monoisotopic (exact) mass is 365 g/mol. The first-order valence-electron chi connectivity index (χ1n) is 7.74. The molecule has 2 aromatic rings. The van der Waals surface area contributed by atoms with Gasteiger partial charge in [0.1, 0.15) is 28.8 Å². The Bertz CT molecular complexity index is 779. The number of carbonyl (C=O) groups is 1. The molecular formula is C17H19NO6S. The van der Waals surface area contributed by atoms with E-state index in [1.54, 1.807) is 43.3 Å². The van der Waals surface area contributed by atoms with Gasteiger partial charge in [-0.3, -0.25) is 9.11 Å². The van der Waals surface area contributed by atoms with Crippen molar-refractivity contribution >= 4 is 16.7 Å². The average molecular weight is 365 g/mol. The predicted molar refractivity (Wildman–Crippen MR) is 93.5 cm³/mol. The minimum absolute atomic E-state index is 0.240. The Morgan fingerprint density at radius 3 is 2.84 bits per heavy atom. The highest BCUT2D eigenvalue weighted by Crippen LogP contribution is 2.51. The first kappa shape index (κ1) is 17.6. The molecular weight excluding hydrogens is 346 g/mol. The van der Waals surface area contributed by atoms with Crippen molar-refractivity contribution in [2.45, 2.75) is 11.8 Å². The van der Waals surface area contributed by atoms with Crippen LogP contribution in [0.1, 0.15) is 17.3 Å². The number of fused-ring (bicyclic) bond motifs is 1. The van der Waals surface area contributed by atoms with Gasteiger partial charge in [0.25, 0.3) is 0 Å². The van der Waals surface area contributed by atoms with Gasteiger partial charge in [-0.25, -0.2) is 9.52 Å². The lowest BCUT2D eigenvalue weighted by Gasteiger charge is -2.31. The number of nitrogens with one attached hydrogen (secondary N) is 1. The van der Waals surface area contributed by atoms with Gasteiger partial charge in [0, 0.05) is 12.6 Å². The number of ether oxygens (including phenoxy) is 3. The third-order valence-electron chi connectivity index (χ3n) is 3.47. The standard InChI is InChI=1S/C17H19NO6S/c1-2-22-17(19)12-4-3-5-13(10-12)24-14-6-7-15-16(11-14)25(20,21)18-8-9-23-15/h3-7,10-11,18,20-21H,2,8-9H2,1H3. The Hall–Kier alpha value is -2.26. The summed E-state index contributed by atoms with van der Waals surface area (Å²) in [6.07, 6.45) is 0. The first-order valence-corrected chi connectivity index (χ1v) is 9.29. The van der Waals surface area contributed by atoms with Gasteiger partial charge in [0.15, 0.2) is 0 Å². The maximum absolute atomic E-state index is 11.8. The molecule has 0 fully saturated rings. The predicted octanol–water partition coefficient (Wildman–Crippen LogP) is 3.66. The Labute approximate surface area is 147 Å². The minimum atomic E-state index is -3.15. The summed E-state index contributed by atoms with van der Waals surface area (Å²) in [6.45, 7) is 2.70. The van der Waals surface area contributed by atoms with E-state index in [1.807, 2.05) is 0 Å². The molecule has 0 atom stereocenters. The summed E-state index contributed by atoms with van der Waals surface area (Å²) in [4.78, 5) is 12.0. The lowest BCUT2D eigenvalue weighted by Crippen LogP contribution is -2.21. The van der Waals surface area contributed by atoms with Gasteiger partial charge in [0.2, 0.25) is 0 Å². The molecule has 0 radical (unpaired) electrons. The molecule has 7 nitrogen and oxygen atoms in total. The molecule has 0 aliphatic carbocycles. The molecule has 0 saturated carbocycles. The van der Waals surface area contributed by atoms with E-state index in [4.69, 9.17) is 14.2 Å². The zero-order valence-corrected chi connectivity index (χ0v) is 14.4. The zero-order valence-electron chi connectivity index (χ0n) is 13.6. The van der Waals surface area contributed by atoms with E-state index in [-0.39, 0.29) is 4.90 Å². The van der Waals surface area contributed by atoms with E-state index in [1.165, 1.54) is 6.07 Å². The normalized spacial score (nSPS) is 16.8. The molecule has 0 unspecified atom stereocenters. The fourth-order valence-corrected chi connectivity index (χ4v) is 3.56. The third kappa shape index (κ3) is 4.05. The summed E-state index contributed by atoms with van der Waals surface area (Å²) in [7, 11) is -3.15. The van der Waals surface area contributed by atoms with E-state index in [9.17, 15) is 13.9 Å². The number of benzene rings is 2. The quantitative estimate of drug-likeness (QED) is 0.711. The number of hydrogen-bond donors (Lipinski definition) is 3. The molecule has 0 aromatic heterocycles. The summed E-state index contributed by atoms with van der Waals surface area (Å²) < 4.78 is 39.3. The van der Waals surface area contributed by atoms with Crippen LogP contribution in [0.5, 0.6) is 17.2 Å². The van der Waals surface area contributed by atoms with Gasteiger partial charge in [-0.05, 0) is 37.3 Å². The second-order valence-corrected chi connectivity index (χ2v) is 7.08.